The molecule has 3 unspecified atom stereocenters. The van der Waals surface area contributed by atoms with Gasteiger partial charge in [-0.05, 0) is 44.9 Å². The minimum atomic E-state index is -0.302. The zero-order valence-electron chi connectivity index (χ0n) is 11.0. The van der Waals surface area contributed by atoms with Crippen LogP contribution in [0.4, 0.5) is 10.2 Å². The average molecular weight is 249 g/mol. The molecule has 2 aliphatic carbocycles. The first-order valence-electron chi connectivity index (χ1n) is 6.97. The molecular formula is C14H20FN3. The molecule has 2 bridgehead atoms. The van der Waals surface area contributed by atoms with Gasteiger partial charge in [-0.25, -0.2) is 14.4 Å². The summed E-state index contributed by atoms with van der Waals surface area (Å²) in [5.74, 6) is 2.98. The summed E-state index contributed by atoms with van der Waals surface area (Å²) >= 11 is 0. The van der Waals surface area contributed by atoms with Crippen LogP contribution in [0.2, 0.25) is 0 Å². The molecule has 0 saturated heterocycles. The van der Waals surface area contributed by atoms with Crippen molar-refractivity contribution in [3.63, 3.8) is 0 Å². The molecule has 1 heterocycles. The third kappa shape index (κ3) is 1.88. The lowest BCUT2D eigenvalue weighted by atomic mass is 9.88. The van der Waals surface area contributed by atoms with E-state index in [1.165, 1.54) is 25.7 Å². The van der Waals surface area contributed by atoms with Crippen LogP contribution in [-0.2, 0) is 0 Å². The number of hydrogen-bond donors (Lipinski definition) is 1. The van der Waals surface area contributed by atoms with Crippen LogP contribution in [-0.4, -0.2) is 16.5 Å². The van der Waals surface area contributed by atoms with Gasteiger partial charge in [-0.2, -0.15) is 0 Å². The lowest BCUT2D eigenvalue weighted by Gasteiger charge is -2.21. The molecule has 1 aromatic rings. The van der Waals surface area contributed by atoms with Crippen LogP contribution in [0, 0.1) is 24.6 Å². The van der Waals surface area contributed by atoms with Crippen molar-refractivity contribution in [1.29, 1.82) is 0 Å². The van der Waals surface area contributed by atoms with E-state index >= 15 is 0 Å². The summed E-state index contributed by atoms with van der Waals surface area (Å²) < 4.78 is 13.9. The number of aryl methyl sites for hydroxylation is 1. The van der Waals surface area contributed by atoms with Crippen LogP contribution < -0.4 is 5.32 Å². The molecule has 0 amide bonds. The topological polar surface area (TPSA) is 37.8 Å². The third-order valence-electron chi connectivity index (χ3n) is 4.45. The number of nitrogens with one attached hydrogen (secondary N) is 1. The second kappa shape index (κ2) is 4.48. The second-order valence-electron chi connectivity index (χ2n) is 5.64. The van der Waals surface area contributed by atoms with Crippen LogP contribution in [0.3, 0.4) is 0 Å². The highest BCUT2D eigenvalue weighted by Crippen LogP contribution is 2.52. The van der Waals surface area contributed by atoms with Crippen LogP contribution in [0.25, 0.3) is 0 Å². The third-order valence-corrected chi connectivity index (χ3v) is 4.45. The molecule has 1 aromatic heterocycles. The Hall–Kier alpha value is -1.19. The van der Waals surface area contributed by atoms with E-state index in [9.17, 15) is 4.39 Å². The monoisotopic (exact) mass is 249 g/mol. The summed E-state index contributed by atoms with van der Waals surface area (Å²) in [4.78, 5) is 8.82. The van der Waals surface area contributed by atoms with Gasteiger partial charge in [-0.1, -0.05) is 6.42 Å². The van der Waals surface area contributed by atoms with Crippen molar-refractivity contribution in [2.75, 3.05) is 11.9 Å². The number of halogens is 1. The minimum absolute atomic E-state index is 0.302. The normalized spacial score (nSPS) is 29.8. The summed E-state index contributed by atoms with van der Waals surface area (Å²) in [6, 6.07) is 0. The smallest absolute Gasteiger partial charge is 0.186 e. The highest BCUT2D eigenvalue weighted by Gasteiger charge is 2.41. The summed E-state index contributed by atoms with van der Waals surface area (Å²) in [7, 11) is 0. The summed E-state index contributed by atoms with van der Waals surface area (Å²) in [5.41, 5.74) is 0.471. The van der Waals surface area contributed by atoms with Gasteiger partial charge >= 0.3 is 0 Å². The number of aromatic nitrogens is 2. The maximum Gasteiger partial charge on any atom is 0.186 e. The quantitative estimate of drug-likeness (QED) is 0.893. The Kier molecular flexibility index (Phi) is 2.96. The van der Waals surface area contributed by atoms with E-state index in [1.807, 2.05) is 6.92 Å². The fraction of sp³-hybridized carbons (Fsp3) is 0.714. The number of nitrogens with zero attached hydrogens (tertiary/aromatic N) is 2. The van der Waals surface area contributed by atoms with Gasteiger partial charge in [-0.15, -0.1) is 0 Å². The van der Waals surface area contributed by atoms with E-state index in [-0.39, 0.29) is 5.82 Å². The van der Waals surface area contributed by atoms with E-state index in [0.29, 0.717) is 24.0 Å². The van der Waals surface area contributed by atoms with E-state index in [2.05, 4.69) is 15.3 Å². The molecule has 0 aromatic carbocycles. The summed E-state index contributed by atoms with van der Waals surface area (Å²) in [6.45, 7) is 4.37. The molecule has 0 aliphatic heterocycles. The van der Waals surface area contributed by atoms with Gasteiger partial charge in [0, 0.05) is 12.5 Å². The highest BCUT2D eigenvalue weighted by atomic mass is 19.1. The molecule has 1 N–H and O–H groups in total. The fourth-order valence-corrected chi connectivity index (χ4v) is 3.59. The molecule has 2 aliphatic rings. The highest BCUT2D eigenvalue weighted by molar-refractivity contribution is 5.38. The Morgan fingerprint density at radius 2 is 2.11 bits per heavy atom. The summed E-state index contributed by atoms with van der Waals surface area (Å²) in [6.07, 6.45) is 5.18. The van der Waals surface area contributed by atoms with Gasteiger partial charge in [0.05, 0.1) is 5.69 Å². The fourth-order valence-electron chi connectivity index (χ4n) is 3.59. The van der Waals surface area contributed by atoms with Gasteiger partial charge in [0.15, 0.2) is 11.6 Å². The number of fused-ring (bicyclic) bond motifs is 2. The van der Waals surface area contributed by atoms with Crippen molar-refractivity contribution in [2.45, 2.75) is 45.4 Å². The van der Waals surface area contributed by atoms with Crippen LogP contribution >= 0.6 is 0 Å². The van der Waals surface area contributed by atoms with Gasteiger partial charge in [0.2, 0.25) is 0 Å². The SMILES string of the molecule is CCNc1nc(C2CC3CCC2C3)nc(C)c1F. The van der Waals surface area contributed by atoms with Crippen LogP contribution in [0.15, 0.2) is 0 Å². The second-order valence-corrected chi connectivity index (χ2v) is 5.64. The molecule has 98 valence electrons. The first kappa shape index (κ1) is 11.9. The molecule has 0 spiro atoms. The van der Waals surface area contributed by atoms with Crippen molar-refractivity contribution in [3.8, 4) is 0 Å². The largest absolute Gasteiger partial charge is 0.368 e. The Morgan fingerprint density at radius 3 is 2.72 bits per heavy atom. The zero-order chi connectivity index (χ0) is 12.7. The molecule has 4 heteroatoms. The Labute approximate surface area is 107 Å². The Bertz CT molecular complexity index is 461. The molecule has 3 atom stereocenters. The molecule has 2 saturated carbocycles. The predicted octanol–water partition coefficient (Wildman–Crippen LogP) is 3.26. The Morgan fingerprint density at radius 1 is 1.28 bits per heavy atom. The van der Waals surface area contributed by atoms with Crippen LogP contribution in [0.5, 0.6) is 0 Å². The standard InChI is InChI=1S/C14H20FN3/c1-3-16-14-12(15)8(2)17-13(18-14)11-7-9-4-5-10(11)6-9/h9-11H,3-7H2,1-2H3,(H,16,17,18). The molecule has 3 nitrogen and oxygen atoms in total. The number of hydrogen-bond acceptors (Lipinski definition) is 3. The van der Waals surface area contributed by atoms with Gasteiger partial charge in [0.1, 0.15) is 5.82 Å². The first-order valence-corrected chi connectivity index (χ1v) is 6.97. The first-order chi connectivity index (χ1) is 8.69. The lowest BCUT2D eigenvalue weighted by Crippen LogP contribution is -2.15. The minimum Gasteiger partial charge on any atom is -0.368 e. The van der Waals surface area contributed by atoms with E-state index < -0.39 is 0 Å². The summed E-state index contributed by atoms with van der Waals surface area (Å²) in [5, 5.41) is 3.00. The van der Waals surface area contributed by atoms with Gasteiger partial charge in [-0.3, -0.25) is 0 Å². The molecule has 0 radical (unpaired) electrons. The van der Waals surface area contributed by atoms with Crippen LogP contribution in [0.1, 0.15) is 50.0 Å². The number of rotatable bonds is 3. The predicted molar refractivity (Wildman–Crippen MR) is 69.1 cm³/mol. The van der Waals surface area contributed by atoms with Crippen molar-refractivity contribution in [1.82, 2.24) is 9.97 Å². The van der Waals surface area contributed by atoms with Crippen molar-refractivity contribution in [3.05, 3.63) is 17.3 Å². The maximum atomic E-state index is 13.9. The molecule has 18 heavy (non-hydrogen) atoms. The molecule has 3 rings (SSSR count). The zero-order valence-corrected chi connectivity index (χ0v) is 11.0. The Balaban J connectivity index is 1.92. The van der Waals surface area contributed by atoms with Crippen molar-refractivity contribution >= 4 is 5.82 Å². The molecule has 2 fully saturated rings. The van der Waals surface area contributed by atoms with Gasteiger partial charge < -0.3 is 5.32 Å². The maximum absolute atomic E-state index is 13.9. The molecular weight excluding hydrogens is 229 g/mol. The van der Waals surface area contributed by atoms with Crippen molar-refractivity contribution in [2.24, 2.45) is 11.8 Å². The number of anilines is 1. The average Bonchev–Trinajstić information content (AvgIpc) is 2.97. The van der Waals surface area contributed by atoms with E-state index in [0.717, 1.165) is 17.7 Å². The van der Waals surface area contributed by atoms with Crippen molar-refractivity contribution < 1.29 is 4.39 Å². The van der Waals surface area contributed by atoms with E-state index in [1.54, 1.807) is 6.92 Å². The van der Waals surface area contributed by atoms with Gasteiger partial charge in [0.25, 0.3) is 0 Å². The lowest BCUT2D eigenvalue weighted by molar-refractivity contribution is 0.403. The van der Waals surface area contributed by atoms with E-state index in [4.69, 9.17) is 0 Å².